The van der Waals surface area contributed by atoms with Gasteiger partial charge >= 0.3 is 0 Å². The minimum atomic E-state index is 0.385. The number of piperidine rings is 2. The van der Waals surface area contributed by atoms with Gasteiger partial charge in [0.25, 0.3) is 0 Å². The molecule has 2 aliphatic rings. The largest absolute Gasteiger partial charge is 0.492 e. The summed E-state index contributed by atoms with van der Waals surface area (Å²) in [7, 11) is 0. The van der Waals surface area contributed by atoms with Crippen molar-refractivity contribution in [1.82, 2.24) is 9.80 Å². The van der Waals surface area contributed by atoms with Gasteiger partial charge < -0.3 is 4.74 Å². The third-order valence-corrected chi connectivity index (χ3v) is 5.46. The van der Waals surface area contributed by atoms with Crippen molar-refractivity contribution in [2.45, 2.75) is 45.6 Å². The van der Waals surface area contributed by atoms with E-state index in [-0.39, 0.29) is 0 Å². The Labute approximate surface area is 152 Å². The molecule has 1 aromatic rings. The molecule has 4 nitrogen and oxygen atoms in total. The lowest BCUT2D eigenvalue weighted by molar-refractivity contribution is -0.124. The summed E-state index contributed by atoms with van der Waals surface area (Å²) in [5.74, 6) is 1.86. The molecule has 0 saturated carbocycles. The van der Waals surface area contributed by atoms with Crippen LogP contribution in [0.15, 0.2) is 24.3 Å². The molecule has 0 spiro atoms. The second-order valence-electron chi connectivity index (χ2n) is 7.58. The van der Waals surface area contributed by atoms with Crippen LogP contribution in [0, 0.1) is 5.92 Å². The first-order valence-corrected chi connectivity index (χ1v) is 9.91. The van der Waals surface area contributed by atoms with Crippen LogP contribution in [0.4, 0.5) is 0 Å². The molecular formula is C21H32N2O2. The summed E-state index contributed by atoms with van der Waals surface area (Å²) in [5, 5.41) is 0. The molecule has 0 bridgehead atoms. The van der Waals surface area contributed by atoms with Crippen LogP contribution in [0.3, 0.4) is 0 Å². The number of ketones is 1. The molecule has 138 valence electrons. The van der Waals surface area contributed by atoms with Crippen molar-refractivity contribution < 1.29 is 9.53 Å². The summed E-state index contributed by atoms with van der Waals surface area (Å²) in [6.07, 6.45) is 5.88. The minimum absolute atomic E-state index is 0.385. The second-order valence-corrected chi connectivity index (χ2v) is 7.58. The Bertz CT molecular complexity index is 537. The smallest absolute Gasteiger partial charge is 0.147 e. The molecule has 0 amide bonds. The Morgan fingerprint density at radius 3 is 2.56 bits per heavy atom. The molecule has 2 heterocycles. The SMILES string of the molecule is CCC1CC(=O)CN(Cc2ccc(OCCN3CCCCC3)cc2)C1. The van der Waals surface area contributed by atoms with Gasteiger partial charge in [-0.3, -0.25) is 14.6 Å². The van der Waals surface area contributed by atoms with Crippen LogP contribution >= 0.6 is 0 Å². The quantitative estimate of drug-likeness (QED) is 0.759. The number of nitrogens with zero attached hydrogens (tertiary/aromatic N) is 2. The summed E-state index contributed by atoms with van der Waals surface area (Å²) in [5.41, 5.74) is 1.26. The first kappa shape index (κ1) is 18.4. The third-order valence-electron chi connectivity index (χ3n) is 5.46. The standard InChI is InChI=1S/C21H32N2O2/c1-2-18-14-20(24)17-23(15-18)16-19-6-8-21(9-7-19)25-13-12-22-10-4-3-5-11-22/h6-9,18H,2-5,10-17H2,1H3. The fraction of sp³-hybridized carbons (Fsp3) is 0.667. The summed E-state index contributed by atoms with van der Waals surface area (Å²) >= 11 is 0. The van der Waals surface area contributed by atoms with Crippen molar-refractivity contribution in [2.24, 2.45) is 5.92 Å². The Morgan fingerprint density at radius 2 is 1.84 bits per heavy atom. The fourth-order valence-electron chi connectivity index (χ4n) is 3.95. The number of carbonyl (C=O) groups excluding carboxylic acids is 1. The van der Waals surface area contributed by atoms with E-state index in [9.17, 15) is 4.79 Å². The van der Waals surface area contributed by atoms with Crippen molar-refractivity contribution in [1.29, 1.82) is 0 Å². The lowest BCUT2D eigenvalue weighted by Gasteiger charge is -2.31. The number of likely N-dealkylation sites (tertiary alicyclic amines) is 2. The van der Waals surface area contributed by atoms with Gasteiger partial charge in [0.1, 0.15) is 18.1 Å². The molecule has 0 aliphatic carbocycles. The maximum atomic E-state index is 11.9. The maximum Gasteiger partial charge on any atom is 0.147 e. The van der Waals surface area contributed by atoms with E-state index in [0.29, 0.717) is 18.2 Å². The minimum Gasteiger partial charge on any atom is -0.492 e. The number of carbonyl (C=O) groups is 1. The highest BCUT2D eigenvalue weighted by Gasteiger charge is 2.24. The highest BCUT2D eigenvalue weighted by Crippen LogP contribution is 2.20. The average Bonchev–Trinajstić information content (AvgIpc) is 2.63. The molecule has 25 heavy (non-hydrogen) atoms. The zero-order chi connectivity index (χ0) is 17.5. The van der Waals surface area contributed by atoms with Crippen LogP contribution in [0.1, 0.15) is 44.6 Å². The molecule has 0 N–H and O–H groups in total. The first-order valence-electron chi connectivity index (χ1n) is 9.91. The Balaban J connectivity index is 1.43. The number of hydrogen-bond acceptors (Lipinski definition) is 4. The monoisotopic (exact) mass is 344 g/mol. The molecule has 2 aliphatic heterocycles. The Kier molecular flexibility index (Phi) is 6.88. The fourth-order valence-corrected chi connectivity index (χ4v) is 3.95. The number of rotatable bonds is 7. The molecule has 4 heteroatoms. The van der Waals surface area contributed by atoms with E-state index in [2.05, 4.69) is 41.0 Å². The van der Waals surface area contributed by atoms with E-state index in [1.54, 1.807) is 0 Å². The van der Waals surface area contributed by atoms with Crippen molar-refractivity contribution in [3.8, 4) is 5.75 Å². The molecule has 3 rings (SSSR count). The van der Waals surface area contributed by atoms with Crippen LogP contribution in [0.2, 0.25) is 0 Å². The van der Waals surface area contributed by atoms with E-state index >= 15 is 0 Å². The lowest BCUT2D eigenvalue weighted by atomic mass is 9.94. The van der Waals surface area contributed by atoms with Gasteiger partial charge in [0, 0.05) is 26.1 Å². The van der Waals surface area contributed by atoms with Gasteiger partial charge in [-0.05, 0) is 49.5 Å². The van der Waals surface area contributed by atoms with Crippen molar-refractivity contribution >= 4 is 5.78 Å². The van der Waals surface area contributed by atoms with Crippen LogP contribution in [-0.4, -0.2) is 54.9 Å². The van der Waals surface area contributed by atoms with Crippen molar-refractivity contribution in [2.75, 3.05) is 39.3 Å². The lowest BCUT2D eigenvalue weighted by Crippen LogP contribution is -2.40. The van der Waals surface area contributed by atoms with Crippen molar-refractivity contribution in [3.63, 3.8) is 0 Å². The summed E-state index contributed by atoms with van der Waals surface area (Å²) in [6.45, 7) is 8.90. The van der Waals surface area contributed by atoms with Gasteiger partial charge in [-0.1, -0.05) is 31.9 Å². The topological polar surface area (TPSA) is 32.8 Å². The molecule has 2 saturated heterocycles. The second kappa shape index (κ2) is 9.35. The van der Waals surface area contributed by atoms with E-state index in [1.165, 1.54) is 37.9 Å². The molecule has 0 radical (unpaired) electrons. The predicted molar refractivity (Wildman–Crippen MR) is 101 cm³/mol. The van der Waals surface area contributed by atoms with Gasteiger partial charge in [0.2, 0.25) is 0 Å². The van der Waals surface area contributed by atoms with Crippen molar-refractivity contribution in [3.05, 3.63) is 29.8 Å². The van der Waals surface area contributed by atoms with E-state index in [1.807, 2.05) is 0 Å². The van der Waals surface area contributed by atoms with E-state index in [0.717, 1.165) is 44.8 Å². The molecule has 1 unspecified atom stereocenters. The Hall–Kier alpha value is -1.39. The normalized spacial score (nSPS) is 22.9. The zero-order valence-corrected chi connectivity index (χ0v) is 15.6. The summed E-state index contributed by atoms with van der Waals surface area (Å²) in [4.78, 5) is 16.6. The maximum absolute atomic E-state index is 11.9. The van der Waals surface area contributed by atoms with Gasteiger partial charge in [-0.15, -0.1) is 0 Å². The van der Waals surface area contributed by atoms with Crippen LogP contribution < -0.4 is 4.74 Å². The summed E-state index contributed by atoms with van der Waals surface area (Å²) < 4.78 is 5.90. The molecular weight excluding hydrogens is 312 g/mol. The molecule has 2 fully saturated rings. The first-order chi connectivity index (χ1) is 12.2. The number of benzene rings is 1. The van der Waals surface area contributed by atoms with E-state index in [4.69, 9.17) is 4.74 Å². The van der Waals surface area contributed by atoms with Crippen LogP contribution in [0.5, 0.6) is 5.75 Å². The third kappa shape index (κ3) is 5.82. The number of Topliss-reactive ketones (excluding diaryl/α,β-unsaturated/α-hetero) is 1. The average molecular weight is 344 g/mol. The van der Waals surface area contributed by atoms with Crippen LogP contribution in [0.25, 0.3) is 0 Å². The molecule has 0 aromatic heterocycles. The van der Waals surface area contributed by atoms with Gasteiger partial charge in [0.15, 0.2) is 0 Å². The van der Waals surface area contributed by atoms with E-state index < -0.39 is 0 Å². The predicted octanol–water partition coefficient (Wildman–Crippen LogP) is 3.35. The van der Waals surface area contributed by atoms with Gasteiger partial charge in [-0.25, -0.2) is 0 Å². The molecule has 1 aromatic carbocycles. The zero-order valence-electron chi connectivity index (χ0n) is 15.6. The highest BCUT2D eigenvalue weighted by molar-refractivity contribution is 5.81. The van der Waals surface area contributed by atoms with Gasteiger partial charge in [0.05, 0.1) is 6.54 Å². The highest BCUT2D eigenvalue weighted by atomic mass is 16.5. The number of hydrogen-bond donors (Lipinski definition) is 0. The Morgan fingerprint density at radius 1 is 1.08 bits per heavy atom. The van der Waals surface area contributed by atoms with Gasteiger partial charge in [-0.2, -0.15) is 0 Å². The number of ether oxygens (including phenoxy) is 1. The van der Waals surface area contributed by atoms with Crippen LogP contribution in [-0.2, 0) is 11.3 Å². The molecule has 1 atom stereocenters. The summed E-state index contributed by atoms with van der Waals surface area (Å²) in [6, 6.07) is 8.40.